The fourth-order valence-electron chi connectivity index (χ4n) is 3.10. The van der Waals surface area contributed by atoms with Crippen LogP contribution in [0.15, 0.2) is 42.6 Å². The average Bonchev–Trinajstić information content (AvgIpc) is 2.90. The number of carbonyl (C=O) groups excluding carboxylic acids is 1. The van der Waals surface area contributed by atoms with Gasteiger partial charge >= 0.3 is 0 Å². The fraction of sp³-hybridized carbons (Fsp3) is 0.400. The topological polar surface area (TPSA) is 45.2 Å². The lowest BCUT2D eigenvalue weighted by molar-refractivity contribution is 0.0756. The zero-order valence-corrected chi connectivity index (χ0v) is 14.3. The van der Waals surface area contributed by atoms with Gasteiger partial charge in [-0.05, 0) is 43.0 Å². The molecule has 0 atom stereocenters. The highest BCUT2D eigenvalue weighted by atomic mass is 16.2. The number of aromatic nitrogens is 1. The first kappa shape index (κ1) is 16.5. The summed E-state index contributed by atoms with van der Waals surface area (Å²) in [5.41, 5.74) is 3.99. The maximum Gasteiger partial charge on any atom is 0.272 e. The maximum atomic E-state index is 12.7. The van der Waals surface area contributed by atoms with Crippen molar-refractivity contribution in [1.29, 1.82) is 0 Å². The molecule has 2 heterocycles. The molecule has 0 bridgehead atoms. The van der Waals surface area contributed by atoms with Crippen LogP contribution in [0.5, 0.6) is 0 Å². The number of benzene rings is 1. The van der Waals surface area contributed by atoms with Crippen LogP contribution in [-0.2, 0) is 6.54 Å². The first-order chi connectivity index (χ1) is 11.7. The number of nitrogens with zero attached hydrogens (tertiary/aromatic N) is 2. The zero-order chi connectivity index (χ0) is 16.8. The molecule has 1 aromatic carbocycles. The Morgan fingerprint density at radius 2 is 1.88 bits per heavy atom. The maximum absolute atomic E-state index is 12.7. The van der Waals surface area contributed by atoms with Crippen LogP contribution < -0.4 is 5.32 Å². The van der Waals surface area contributed by atoms with Gasteiger partial charge < -0.3 is 10.2 Å². The minimum absolute atomic E-state index is 0.0523. The summed E-state index contributed by atoms with van der Waals surface area (Å²) in [5, 5.41) is 3.40. The SMILES string of the molecule is Cc1ccccc1CNc1ccnc(C(=O)N2CCCCCC2)c1. The number of pyridine rings is 1. The number of likely N-dealkylation sites (tertiary alicyclic amines) is 1. The van der Waals surface area contributed by atoms with Gasteiger partial charge in [-0.2, -0.15) is 0 Å². The molecule has 1 N–H and O–H groups in total. The first-order valence-corrected chi connectivity index (χ1v) is 8.78. The Labute approximate surface area is 143 Å². The summed E-state index contributed by atoms with van der Waals surface area (Å²) in [6, 6.07) is 12.1. The van der Waals surface area contributed by atoms with Crippen LogP contribution >= 0.6 is 0 Å². The lowest BCUT2D eigenvalue weighted by Crippen LogP contribution is -2.32. The molecule has 126 valence electrons. The third-order valence-corrected chi connectivity index (χ3v) is 4.62. The quantitative estimate of drug-likeness (QED) is 0.924. The van der Waals surface area contributed by atoms with E-state index in [1.165, 1.54) is 24.0 Å². The van der Waals surface area contributed by atoms with Crippen molar-refractivity contribution in [2.45, 2.75) is 39.2 Å². The molecule has 1 amide bonds. The van der Waals surface area contributed by atoms with Crippen LogP contribution in [0.3, 0.4) is 0 Å². The Morgan fingerprint density at radius 1 is 1.12 bits per heavy atom. The molecule has 1 aromatic heterocycles. The molecule has 0 saturated carbocycles. The third-order valence-electron chi connectivity index (χ3n) is 4.62. The Kier molecular flexibility index (Phi) is 5.47. The summed E-state index contributed by atoms with van der Waals surface area (Å²) in [4.78, 5) is 18.9. The summed E-state index contributed by atoms with van der Waals surface area (Å²) < 4.78 is 0. The van der Waals surface area contributed by atoms with Crippen molar-refractivity contribution in [3.8, 4) is 0 Å². The van der Waals surface area contributed by atoms with E-state index in [4.69, 9.17) is 0 Å². The van der Waals surface area contributed by atoms with Gasteiger partial charge in [0.2, 0.25) is 0 Å². The lowest BCUT2D eigenvalue weighted by Gasteiger charge is -2.20. The number of amides is 1. The molecule has 1 saturated heterocycles. The van der Waals surface area contributed by atoms with Gasteiger partial charge in [-0.3, -0.25) is 9.78 Å². The minimum Gasteiger partial charge on any atom is -0.381 e. The molecular formula is C20H25N3O. The van der Waals surface area contributed by atoms with Gasteiger partial charge in [-0.25, -0.2) is 0 Å². The summed E-state index contributed by atoms with van der Waals surface area (Å²) >= 11 is 0. The molecule has 0 unspecified atom stereocenters. The Bertz CT molecular complexity index is 691. The number of hydrogen-bond donors (Lipinski definition) is 1. The second kappa shape index (κ2) is 7.95. The second-order valence-corrected chi connectivity index (χ2v) is 6.42. The van der Waals surface area contributed by atoms with E-state index < -0.39 is 0 Å². The van der Waals surface area contributed by atoms with Crippen molar-refractivity contribution in [1.82, 2.24) is 9.88 Å². The largest absolute Gasteiger partial charge is 0.381 e. The number of aryl methyl sites for hydroxylation is 1. The van der Waals surface area contributed by atoms with E-state index in [0.29, 0.717) is 5.69 Å². The van der Waals surface area contributed by atoms with Gasteiger partial charge in [0.1, 0.15) is 5.69 Å². The molecule has 1 fully saturated rings. The lowest BCUT2D eigenvalue weighted by atomic mass is 10.1. The van der Waals surface area contributed by atoms with Crippen LogP contribution in [0.25, 0.3) is 0 Å². The zero-order valence-electron chi connectivity index (χ0n) is 14.3. The third kappa shape index (κ3) is 4.13. The number of anilines is 1. The molecule has 1 aliphatic rings. The van der Waals surface area contributed by atoms with E-state index >= 15 is 0 Å². The van der Waals surface area contributed by atoms with E-state index in [9.17, 15) is 4.79 Å². The van der Waals surface area contributed by atoms with Gasteiger partial charge in [0.25, 0.3) is 5.91 Å². The highest BCUT2D eigenvalue weighted by molar-refractivity contribution is 5.93. The van der Waals surface area contributed by atoms with E-state index in [-0.39, 0.29) is 5.91 Å². The van der Waals surface area contributed by atoms with Crippen molar-refractivity contribution in [2.75, 3.05) is 18.4 Å². The second-order valence-electron chi connectivity index (χ2n) is 6.42. The summed E-state index contributed by atoms with van der Waals surface area (Å²) in [5.74, 6) is 0.0523. The van der Waals surface area contributed by atoms with Gasteiger partial charge in [0.15, 0.2) is 0 Å². The molecular weight excluding hydrogens is 298 g/mol. The minimum atomic E-state index is 0.0523. The molecule has 24 heavy (non-hydrogen) atoms. The van der Waals surface area contributed by atoms with Gasteiger partial charge in [-0.15, -0.1) is 0 Å². The van der Waals surface area contributed by atoms with E-state index in [1.54, 1.807) is 6.20 Å². The van der Waals surface area contributed by atoms with E-state index in [1.807, 2.05) is 29.2 Å². The fourth-order valence-corrected chi connectivity index (χ4v) is 3.10. The summed E-state index contributed by atoms with van der Waals surface area (Å²) in [6.07, 6.45) is 6.34. The molecule has 1 aliphatic heterocycles. The van der Waals surface area contributed by atoms with E-state index in [0.717, 1.165) is 38.2 Å². The average molecular weight is 323 g/mol. The Morgan fingerprint density at radius 3 is 2.62 bits per heavy atom. The Hall–Kier alpha value is -2.36. The van der Waals surface area contributed by atoms with Crippen molar-refractivity contribution < 1.29 is 4.79 Å². The summed E-state index contributed by atoms with van der Waals surface area (Å²) in [7, 11) is 0. The predicted octanol–water partition coefficient (Wildman–Crippen LogP) is 4.02. The molecule has 2 aromatic rings. The predicted molar refractivity (Wildman–Crippen MR) is 97.1 cm³/mol. The van der Waals surface area contributed by atoms with Crippen molar-refractivity contribution >= 4 is 11.6 Å². The van der Waals surface area contributed by atoms with Crippen LogP contribution in [0.2, 0.25) is 0 Å². The molecule has 0 radical (unpaired) electrons. The molecule has 4 heteroatoms. The highest BCUT2D eigenvalue weighted by Gasteiger charge is 2.18. The number of nitrogens with one attached hydrogen (secondary N) is 1. The molecule has 3 rings (SSSR count). The van der Waals surface area contributed by atoms with Gasteiger partial charge in [0.05, 0.1) is 0 Å². The highest BCUT2D eigenvalue weighted by Crippen LogP contribution is 2.16. The summed E-state index contributed by atoms with van der Waals surface area (Å²) in [6.45, 7) is 4.55. The van der Waals surface area contributed by atoms with Crippen molar-refractivity contribution in [2.24, 2.45) is 0 Å². The van der Waals surface area contributed by atoms with Crippen LogP contribution in [0, 0.1) is 6.92 Å². The number of hydrogen-bond acceptors (Lipinski definition) is 3. The van der Waals surface area contributed by atoms with Gasteiger partial charge in [-0.1, -0.05) is 37.1 Å². The Balaban J connectivity index is 1.67. The normalized spacial score (nSPS) is 15.0. The van der Waals surface area contributed by atoms with Crippen LogP contribution in [0.1, 0.15) is 47.3 Å². The van der Waals surface area contributed by atoms with E-state index in [2.05, 4.69) is 29.4 Å². The van der Waals surface area contributed by atoms with Crippen LogP contribution in [0.4, 0.5) is 5.69 Å². The molecule has 0 spiro atoms. The number of carbonyl (C=O) groups is 1. The van der Waals surface area contributed by atoms with Crippen molar-refractivity contribution in [3.05, 3.63) is 59.4 Å². The standard InChI is InChI=1S/C20H25N3O/c1-16-8-4-5-9-17(16)15-22-18-10-11-21-19(14-18)20(24)23-12-6-2-3-7-13-23/h4-5,8-11,14H,2-3,6-7,12-13,15H2,1H3,(H,21,22). The van der Waals surface area contributed by atoms with Crippen molar-refractivity contribution in [3.63, 3.8) is 0 Å². The van der Waals surface area contributed by atoms with Gasteiger partial charge in [0, 0.05) is 31.5 Å². The monoisotopic (exact) mass is 323 g/mol. The van der Waals surface area contributed by atoms with Crippen LogP contribution in [-0.4, -0.2) is 28.9 Å². The molecule has 4 nitrogen and oxygen atoms in total. The number of rotatable bonds is 4. The smallest absolute Gasteiger partial charge is 0.272 e. The molecule has 0 aliphatic carbocycles. The first-order valence-electron chi connectivity index (χ1n) is 8.78.